The van der Waals surface area contributed by atoms with Crippen LogP contribution < -0.4 is 9.47 Å². The van der Waals surface area contributed by atoms with Crippen molar-refractivity contribution in [1.82, 2.24) is 29.6 Å². The summed E-state index contributed by atoms with van der Waals surface area (Å²) in [6.45, 7) is 12.0. The highest BCUT2D eigenvalue weighted by molar-refractivity contribution is 6.12. The van der Waals surface area contributed by atoms with Crippen molar-refractivity contribution in [3.63, 3.8) is 0 Å². The van der Waals surface area contributed by atoms with Gasteiger partial charge >= 0.3 is 35.8 Å². The predicted molar refractivity (Wildman–Crippen MR) is 559 cm³/mol. The van der Waals surface area contributed by atoms with Gasteiger partial charge in [0.15, 0.2) is 12.1 Å². The number of hydrogen-bond acceptors (Lipinski definition) is 21. The molecule has 149 heavy (non-hydrogen) atoms. The summed E-state index contributed by atoms with van der Waals surface area (Å²) in [5.74, 6) is -9.62. The third-order valence-corrected chi connectivity index (χ3v) is 28.1. The molecular formula is C121H132N6O22. The van der Waals surface area contributed by atoms with Crippen molar-refractivity contribution in [3.8, 4) is 11.5 Å². The number of carbonyl (C=O) groups is 14. The van der Waals surface area contributed by atoms with E-state index in [-0.39, 0.29) is 93.6 Å². The maximum absolute atomic E-state index is 13.7. The molecule has 4 aliphatic rings. The number of imide groups is 4. The molecule has 2 aromatic heterocycles. The van der Waals surface area contributed by atoms with Gasteiger partial charge in [-0.05, 0) is 188 Å². The van der Waals surface area contributed by atoms with Crippen LogP contribution in [0, 0.1) is 22.7 Å². The minimum atomic E-state index is -1.26. The number of methoxy groups -OCH3 is 2. The predicted octanol–water partition coefficient (Wildman–Crippen LogP) is 18.7. The van der Waals surface area contributed by atoms with Gasteiger partial charge in [0, 0.05) is 55.8 Å². The van der Waals surface area contributed by atoms with E-state index >= 15 is 0 Å². The summed E-state index contributed by atoms with van der Waals surface area (Å²) >= 11 is 0. The molecule has 4 fully saturated rings. The number of carbonyl (C=O) groups excluding carboxylic acids is 11. The number of nitrogens with zero attached hydrogens (tertiary/aromatic N) is 6. The normalized spacial score (nSPS) is 18.0. The second-order valence-corrected chi connectivity index (χ2v) is 38.4. The molecule has 0 saturated carbocycles. The second kappa shape index (κ2) is 54.6. The summed E-state index contributed by atoms with van der Waals surface area (Å²) < 4.78 is 26.2. The van der Waals surface area contributed by atoms with Crippen molar-refractivity contribution >= 4 is 83.1 Å². The first kappa shape index (κ1) is 112. The van der Waals surface area contributed by atoms with Crippen LogP contribution in [0.5, 0.6) is 11.5 Å². The van der Waals surface area contributed by atoms with E-state index < -0.39 is 118 Å². The molecule has 0 spiro atoms. The molecule has 0 aliphatic carbocycles. The largest absolute Gasteiger partial charge is 0.497 e. The first-order chi connectivity index (χ1) is 71.9. The number of esters is 3. The summed E-state index contributed by atoms with van der Waals surface area (Å²) in [6, 6.07) is 84.2. The van der Waals surface area contributed by atoms with Crippen LogP contribution in [-0.2, 0) is 120 Å². The van der Waals surface area contributed by atoms with Gasteiger partial charge < -0.3 is 39.0 Å². The van der Waals surface area contributed by atoms with Crippen LogP contribution in [0.3, 0.4) is 0 Å². The lowest BCUT2D eigenvalue weighted by atomic mass is 9.68. The van der Waals surface area contributed by atoms with E-state index in [1.165, 1.54) is 6.20 Å². The third-order valence-electron chi connectivity index (χ3n) is 28.1. The number of amides is 8. The molecule has 4 aliphatic heterocycles. The van der Waals surface area contributed by atoms with Gasteiger partial charge in [-0.1, -0.05) is 296 Å². The molecule has 28 heteroatoms. The minimum absolute atomic E-state index is 0.00639. The van der Waals surface area contributed by atoms with Gasteiger partial charge in [0.05, 0.1) is 80.9 Å². The standard InChI is InChI=1S/C35H40N2O6.C33H36N2O6.C29H29NO5.C24H27NO5/c1-3-5-6-13-20-43-32(39)23-28-21-25(18-19-36-28)22-30-33(35(41)42-4-2)37(34(30)40)31(38)24-29(26-14-9-7-10-15-26)27-16-11-8-12-17-27;1-2-3-4-11-18-41-30(37)21-26-19-23(16-17-34-26)20-28-31(33(39)40)35(32(28)38)29(36)22-27(24-12-7-5-8-13-24)25-14-9-6-10-15-25;1-29(18-17-20-13-15-23(35-2)16-14-20)26(27(32)33)30(28(29)34)25(31)19-24(21-9-5-3-6-10-21)22-11-7-4-8-12-22;1-16(18-7-5-4-6-8-18)15-20(26)25-21(22(27)28)24(2,23(25)29)14-13-17-9-11-19(30-3)12-10-17/h7-12,14-19,21,29-30,33H,3-6,13,20,22-24H2,1-2H3;5-10,12-17,19,27-28,31H,2-4,11,18,20-22H2,1H3,(H,39,40);3-16,24,26H,17-19H2,1-2H3,(H,32,33);4-12,16,21H,13-15H2,1-3H3,(H,27,28)/t30-,33+;28-,31+;26-,29-;16-,21+,24+/m1110/s1. The van der Waals surface area contributed by atoms with Gasteiger partial charge in [-0.3, -0.25) is 77.5 Å². The topological polar surface area (TPSA) is 385 Å². The average Bonchev–Trinajstić information content (AvgIpc) is 0.720. The lowest BCUT2D eigenvalue weighted by Crippen LogP contribution is -2.72. The van der Waals surface area contributed by atoms with E-state index in [0.29, 0.717) is 55.8 Å². The Morgan fingerprint density at radius 2 is 0.664 bits per heavy atom. The van der Waals surface area contributed by atoms with E-state index in [4.69, 9.17) is 23.7 Å². The number of likely N-dealkylation sites (tertiary alicyclic amines) is 4. The Morgan fingerprint density at radius 1 is 0.356 bits per heavy atom. The molecule has 3 N–H and O–H groups in total. The third kappa shape index (κ3) is 29.2. The SMILES string of the molecule is CCCCCCOC(=O)Cc1cc(C[C@H]2C(=O)N(C(=O)CC(c3ccccc3)c3ccccc3)[C@@H]2C(=O)O)ccn1.CCCCCCOC(=O)Cc1cc(C[C@H]2C(=O)N(C(=O)CC(c3ccccc3)c3ccccc3)[C@@H]2C(=O)OCC)ccn1.COc1ccc(CC[C@@]2(C)C(=O)N(C(=O)CC(c3ccccc3)c3ccccc3)[C@@H]2C(=O)O)cc1.COc1ccc(CC[C@@]2(C)C(=O)N(C(=O)C[C@H](C)c3ccccc3)[C@@H]2C(=O)O)cc1. The van der Waals surface area contributed by atoms with E-state index in [0.717, 1.165) is 138 Å². The van der Waals surface area contributed by atoms with Crippen molar-refractivity contribution in [2.75, 3.05) is 34.0 Å². The zero-order valence-corrected chi connectivity index (χ0v) is 85.6. The van der Waals surface area contributed by atoms with Crippen molar-refractivity contribution in [3.05, 3.63) is 370 Å². The number of hydrogen-bond donors (Lipinski definition) is 3. The van der Waals surface area contributed by atoms with Gasteiger partial charge in [0.25, 0.3) is 0 Å². The molecule has 8 amide bonds. The van der Waals surface area contributed by atoms with Crippen molar-refractivity contribution in [2.24, 2.45) is 22.7 Å². The Morgan fingerprint density at radius 3 is 0.973 bits per heavy atom. The van der Waals surface area contributed by atoms with Crippen LogP contribution in [0.4, 0.5) is 0 Å². The highest BCUT2D eigenvalue weighted by Crippen LogP contribution is 2.48. The number of carboxylic acids is 3. The fourth-order valence-corrected chi connectivity index (χ4v) is 19.8. The summed E-state index contributed by atoms with van der Waals surface area (Å²) in [6.07, 6.45) is 13.4. The number of unbranched alkanes of at least 4 members (excludes halogenated alkanes) is 6. The molecule has 0 radical (unpaired) electrons. The van der Waals surface area contributed by atoms with Crippen LogP contribution >= 0.6 is 0 Å². The highest BCUT2D eigenvalue weighted by atomic mass is 16.5. The van der Waals surface area contributed by atoms with Crippen LogP contribution in [0.15, 0.2) is 298 Å². The van der Waals surface area contributed by atoms with Crippen LogP contribution in [0.25, 0.3) is 0 Å². The second-order valence-electron chi connectivity index (χ2n) is 38.4. The average molecular weight is 2020 g/mol. The number of ether oxygens (including phenoxy) is 5. The quantitative estimate of drug-likeness (QED) is 0.0138. The monoisotopic (exact) mass is 2020 g/mol. The van der Waals surface area contributed by atoms with Crippen LogP contribution in [0.2, 0.25) is 0 Å². The number of pyridine rings is 2. The van der Waals surface area contributed by atoms with E-state index in [9.17, 15) is 82.4 Å². The van der Waals surface area contributed by atoms with E-state index in [1.54, 1.807) is 65.5 Å². The maximum Gasteiger partial charge on any atom is 0.330 e. The number of aromatic nitrogens is 2. The van der Waals surface area contributed by atoms with E-state index in [1.807, 2.05) is 268 Å². The zero-order valence-electron chi connectivity index (χ0n) is 85.6. The molecule has 11 aromatic rings. The number of aryl methyl sites for hydroxylation is 2. The summed E-state index contributed by atoms with van der Waals surface area (Å²) in [5, 5.41) is 29.7. The molecule has 0 bridgehead atoms. The number of rotatable bonds is 46. The molecule has 778 valence electrons. The first-order valence-electron chi connectivity index (χ1n) is 51.0. The Labute approximate surface area is 869 Å². The summed E-state index contributed by atoms with van der Waals surface area (Å²) in [5.41, 5.74) is 8.72. The minimum Gasteiger partial charge on any atom is -0.497 e. The number of benzene rings is 9. The summed E-state index contributed by atoms with van der Waals surface area (Å²) in [7, 11) is 3.18. The number of carboxylic acid groups (broad SMARTS) is 3. The van der Waals surface area contributed by atoms with E-state index in [2.05, 4.69) is 23.8 Å². The van der Waals surface area contributed by atoms with Crippen molar-refractivity contribution < 1.29 is 106 Å². The Kier molecular flexibility index (Phi) is 41.1. The Bertz CT molecular complexity index is 6250. The Balaban J connectivity index is 0.000000178. The molecular weight excluding hydrogens is 1890 g/mol. The van der Waals surface area contributed by atoms with Gasteiger partial charge in [-0.15, -0.1) is 0 Å². The fourth-order valence-electron chi connectivity index (χ4n) is 19.8. The molecule has 15 rings (SSSR count). The lowest BCUT2D eigenvalue weighted by molar-refractivity contribution is -0.188. The van der Waals surface area contributed by atoms with Crippen LogP contribution in [-0.4, -0.2) is 186 Å². The first-order valence-corrected chi connectivity index (χ1v) is 51.0. The fraction of sp³-hybridized carbons (Fsp3) is 0.355. The van der Waals surface area contributed by atoms with Gasteiger partial charge in [-0.2, -0.15) is 0 Å². The van der Waals surface area contributed by atoms with Gasteiger partial charge in [-0.25, -0.2) is 19.2 Å². The van der Waals surface area contributed by atoms with Crippen molar-refractivity contribution in [2.45, 2.75) is 218 Å². The van der Waals surface area contributed by atoms with Crippen LogP contribution in [0.1, 0.15) is 228 Å². The highest BCUT2D eigenvalue weighted by Gasteiger charge is 2.65. The molecule has 0 unspecified atom stereocenters. The zero-order chi connectivity index (χ0) is 107. The molecule has 6 heterocycles. The smallest absolute Gasteiger partial charge is 0.330 e. The summed E-state index contributed by atoms with van der Waals surface area (Å²) in [4.78, 5) is 192. The molecule has 28 nitrogen and oxygen atoms in total. The number of β-lactam (4-membered cyclic amide) rings is 4. The van der Waals surface area contributed by atoms with Gasteiger partial charge in [0.1, 0.15) is 23.6 Å². The van der Waals surface area contributed by atoms with Crippen molar-refractivity contribution in [1.29, 1.82) is 0 Å². The molecule has 9 aromatic carbocycles. The Hall–Kier alpha value is -15.7. The maximum atomic E-state index is 13.7. The lowest BCUT2D eigenvalue weighted by Gasteiger charge is -2.51. The molecule has 4 saturated heterocycles. The molecule has 9 atom stereocenters. The number of aliphatic carboxylic acids is 3. The van der Waals surface area contributed by atoms with Gasteiger partial charge in [0.2, 0.25) is 47.3 Å².